The summed E-state index contributed by atoms with van der Waals surface area (Å²) in [6.45, 7) is 0. The number of rotatable bonds is 5. The lowest BCUT2D eigenvalue weighted by molar-refractivity contribution is 0.355. The molecule has 0 saturated heterocycles. The van der Waals surface area contributed by atoms with E-state index in [9.17, 15) is 8.42 Å². The van der Waals surface area contributed by atoms with E-state index in [0.717, 1.165) is 11.3 Å². The third kappa shape index (κ3) is 6.63. The van der Waals surface area contributed by atoms with Gasteiger partial charge in [-0.3, -0.25) is 4.55 Å². The van der Waals surface area contributed by atoms with Crippen LogP contribution < -0.4 is 15.2 Å². The Labute approximate surface area is 170 Å². The van der Waals surface area contributed by atoms with Crippen molar-refractivity contribution in [1.29, 1.82) is 0 Å². The van der Waals surface area contributed by atoms with E-state index in [1.807, 2.05) is 42.5 Å². The monoisotopic (exact) mass is 414 g/mol. The van der Waals surface area contributed by atoms with E-state index in [1.54, 1.807) is 38.5 Å². The fraction of sp³-hybridized carbons (Fsp3) is 0.0952. The van der Waals surface area contributed by atoms with E-state index in [2.05, 4.69) is 4.99 Å². The van der Waals surface area contributed by atoms with Gasteiger partial charge in [-0.15, -0.1) is 0 Å². The van der Waals surface area contributed by atoms with Gasteiger partial charge in [0.1, 0.15) is 5.84 Å². The molecule has 3 aromatic rings. The van der Waals surface area contributed by atoms with E-state index in [4.69, 9.17) is 19.8 Å². The normalized spacial score (nSPS) is 11.2. The Kier molecular flexibility index (Phi) is 7.76. The van der Waals surface area contributed by atoms with Crippen molar-refractivity contribution in [3.05, 3.63) is 84.4 Å². The topological polar surface area (TPSA) is 111 Å². The first-order chi connectivity index (χ1) is 13.8. The molecule has 0 heterocycles. The molecule has 0 atom stereocenters. The van der Waals surface area contributed by atoms with Gasteiger partial charge in [-0.05, 0) is 42.5 Å². The van der Waals surface area contributed by atoms with Crippen LogP contribution in [-0.4, -0.2) is 33.0 Å². The Morgan fingerprint density at radius 3 is 1.90 bits per heavy atom. The number of hydrogen-bond donors (Lipinski definition) is 2. The van der Waals surface area contributed by atoms with Crippen molar-refractivity contribution in [2.45, 2.75) is 4.90 Å². The van der Waals surface area contributed by atoms with Gasteiger partial charge in [0, 0.05) is 5.56 Å². The van der Waals surface area contributed by atoms with E-state index < -0.39 is 10.1 Å². The Bertz CT molecular complexity index is 1050. The lowest BCUT2D eigenvalue weighted by Gasteiger charge is -2.09. The highest BCUT2D eigenvalue weighted by atomic mass is 32.2. The predicted octanol–water partition coefficient (Wildman–Crippen LogP) is 3.67. The number of nitrogens with zero attached hydrogens (tertiary/aromatic N) is 1. The van der Waals surface area contributed by atoms with Crippen molar-refractivity contribution in [3.8, 4) is 11.5 Å². The first-order valence-electron chi connectivity index (χ1n) is 8.49. The fourth-order valence-corrected chi connectivity index (χ4v) is 2.80. The van der Waals surface area contributed by atoms with Crippen molar-refractivity contribution in [2.75, 3.05) is 14.2 Å². The molecule has 0 aliphatic rings. The molecule has 3 rings (SSSR count). The molecular weight excluding hydrogens is 392 g/mol. The number of hydrogen-bond acceptors (Lipinski definition) is 5. The second-order valence-corrected chi connectivity index (χ2v) is 7.11. The highest BCUT2D eigenvalue weighted by Gasteiger charge is 2.07. The number of nitrogens with two attached hydrogens (primary N) is 1. The Hall–Kier alpha value is -3.36. The maximum atomic E-state index is 10.4. The number of para-hydroxylation sites is 1. The van der Waals surface area contributed by atoms with Gasteiger partial charge in [0.2, 0.25) is 0 Å². The minimum absolute atomic E-state index is 0.0741. The summed E-state index contributed by atoms with van der Waals surface area (Å²) in [5.41, 5.74) is 7.60. The second kappa shape index (κ2) is 10.3. The highest BCUT2D eigenvalue weighted by Crippen LogP contribution is 2.27. The molecule has 0 radical (unpaired) electrons. The van der Waals surface area contributed by atoms with E-state index in [0.29, 0.717) is 17.3 Å². The van der Waals surface area contributed by atoms with Crippen molar-refractivity contribution >= 4 is 21.6 Å². The SMILES string of the molecule is COc1ccc(C(N)=Nc2ccccc2)cc1OC.O=S(=O)(O)c1ccccc1. The maximum absolute atomic E-state index is 10.4. The van der Waals surface area contributed by atoms with Crippen molar-refractivity contribution in [2.24, 2.45) is 10.7 Å². The summed E-state index contributed by atoms with van der Waals surface area (Å²) in [4.78, 5) is 4.28. The molecule has 0 aliphatic carbocycles. The Balaban J connectivity index is 0.000000253. The van der Waals surface area contributed by atoms with Gasteiger partial charge in [-0.1, -0.05) is 36.4 Å². The van der Waals surface area contributed by atoms with Gasteiger partial charge < -0.3 is 15.2 Å². The first kappa shape index (κ1) is 21.9. The number of benzene rings is 3. The summed E-state index contributed by atoms with van der Waals surface area (Å²) in [5, 5.41) is 0. The molecule has 0 saturated carbocycles. The summed E-state index contributed by atoms with van der Waals surface area (Å²) >= 11 is 0. The van der Waals surface area contributed by atoms with Gasteiger partial charge in [0.15, 0.2) is 11.5 Å². The molecule has 152 valence electrons. The van der Waals surface area contributed by atoms with Crippen LogP contribution in [0.5, 0.6) is 11.5 Å². The van der Waals surface area contributed by atoms with Gasteiger partial charge in [-0.2, -0.15) is 8.42 Å². The minimum Gasteiger partial charge on any atom is -0.493 e. The van der Waals surface area contributed by atoms with Crippen LogP contribution in [0, 0.1) is 0 Å². The first-order valence-corrected chi connectivity index (χ1v) is 9.93. The minimum atomic E-state index is -4.00. The number of aliphatic imine (C=N–C) groups is 1. The summed E-state index contributed by atoms with van der Waals surface area (Å²) in [6, 6.07) is 22.4. The molecule has 29 heavy (non-hydrogen) atoms. The van der Waals surface area contributed by atoms with Crippen LogP contribution in [0.4, 0.5) is 5.69 Å². The molecule has 0 bridgehead atoms. The molecule has 3 aromatic carbocycles. The van der Waals surface area contributed by atoms with Gasteiger partial charge in [0.05, 0.1) is 24.8 Å². The van der Waals surface area contributed by atoms with Crippen LogP contribution in [0.25, 0.3) is 0 Å². The number of amidine groups is 1. The van der Waals surface area contributed by atoms with Crippen LogP contribution in [0.3, 0.4) is 0 Å². The molecule has 0 fully saturated rings. The molecule has 0 unspecified atom stereocenters. The highest BCUT2D eigenvalue weighted by molar-refractivity contribution is 7.85. The maximum Gasteiger partial charge on any atom is 0.294 e. The van der Waals surface area contributed by atoms with Crippen LogP contribution in [0.2, 0.25) is 0 Å². The van der Waals surface area contributed by atoms with Gasteiger partial charge >= 0.3 is 0 Å². The average Bonchev–Trinajstić information content (AvgIpc) is 2.74. The molecule has 0 aromatic heterocycles. The Morgan fingerprint density at radius 2 is 1.41 bits per heavy atom. The Morgan fingerprint density at radius 1 is 0.862 bits per heavy atom. The zero-order valence-electron chi connectivity index (χ0n) is 16.0. The van der Waals surface area contributed by atoms with Crippen LogP contribution in [-0.2, 0) is 10.1 Å². The molecular formula is C21H22N2O5S. The molecule has 3 N–H and O–H groups in total. The molecule has 0 amide bonds. The van der Waals surface area contributed by atoms with Crippen molar-refractivity contribution < 1.29 is 22.4 Å². The summed E-state index contributed by atoms with van der Waals surface area (Å²) in [7, 11) is -0.817. The number of methoxy groups -OCH3 is 2. The molecule has 7 nitrogen and oxygen atoms in total. The van der Waals surface area contributed by atoms with Gasteiger partial charge in [0.25, 0.3) is 10.1 Å². The third-order valence-corrected chi connectivity index (χ3v) is 4.59. The standard InChI is InChI=1S/C15H16N2O2.C6H6O3S/c1-18-13-9-8-11(10-14(13)19-2)15(16)17-12-6-4-3-5-7-12;7-10(8,9)6-4-2-1-3-5-6/h3-10H,1-2H3,(H2,16,17);1-5H,(H,7,8,9). The lowest BCUT2D eigenvalue weighted by Crippen LogP contribution is -2.12. The second-order valence-electron chi connectivity index (χ2n) is 5.69. The summed E-state index contributed by atoms with van der Waals surface area (Å²) in [5.74, 6) is 1.73. The van der Waals surface area contributed by atoms with E-state index in [1.165, 1.54) is 12.1 Å². The van der Waals surface area contributed by atoms with E-state index in [-0.39, 0.29) is 4.90 Å². The van der Waals surface area contributed by atoms with Crippen LogP contribution >= 0.6 is 0 Å². The fourth-order valence-electron chi connectivity index (χ4n) is 2.29. The molecule has 0 spiro atoms. The third-order valence-electron chi connectivity index (χ3n) is 3.73. The summed E-state index contributed by atoms with van der Waals surface area (Å²) in [6.07, 6.45) is 0. The zero-order chi connectivity index (χ0) is 21.3. The number of ether oxygens (including phenoxy) is 2. The molecule has 8 heteroatoms. The molecule has 0 aliphatic heterocycles. The summed E-state index contributed by atoms with van der Waals surface area (Å²) < 4.78 is 39.7. The zero-order valence-corrected chi connectivity index (χ0v) is 16.8. The van der Waals surface area contributed by atoms with E-state index >= 15 is 0 Å². The van der Waals surface area contributed by atoms with Crippen LogP contribution in [0.1, 0.15) is 5.56 Å². The quantitative estimate of drug-likeness (QED) is 0.374. The van der Waals surface area contributed by atoms with Crippen molar-refractivity contribution in [1.82, 2.24) is 0 Å². The smallest absolute Gasteiger partial charge is 0.294 e. The predicted molar refractivity (Wildman–Crippen MR) is 113 cm³/mol. The van der Waals surface area contributed by atoms with Crippen LogP contribution in [0.15, 0.2) is 88.8 Å². The lowest BCUT2D eigenvalue weighted by atomic mass is 10.2. The average molecular weight is 414 g/mol. The van der Waals surface area contributed by atoms with Gasteiger partial charge in [-0.25, -0.2) is 4.99 Å². The van der Waals surface area contributed by atoms with Crippen molar-refractivity contribution in [3.63, 3.8) is 0 Å². The largest absolute Gasteiger partial charge is 0.493 e.